The topological polar surface area (TPSA) is 76.4 Å². The Morgan fingerprint density at radius 3 is 2.86 bits per heavy atom. The molecule has 112 valence electrons. The fraction of sp³-hybridized carbons (Fsp3) is 0.500. The highest BCUT2D eigenvalue weighted by molar-refractivity contribution is 5.81. The van der Waals surface area contributed by atoms with Gasteiger partial charge in [-0.15, -0.1) is 0 Å². The first-order chi connectivity index (χ1) is 10.2. The van der Waals surface area contributed by atoms with Crippen LogP contribution in [0.4, 0.5) is 5.69 Å². The molecule has 2 N–H and O–H groups in total. The van der Waals surface area contributed by atoms with Gasteiger partial charge in [-0.1, -0.05) is 0 Å². The molecule has 21 heavy (non-hydrogen) atoms. The fourth-order valence-corrected chi connectivity index (χ4v) is 2.73. The van der Waals surface area contributed by atoms with Crippen molar-refractivity contribution < 1.29 is 9.90 Å². The predicted octanol–water partition coefficient (Wildman–Crippen LogP) is 1.73. The molecule has 5 nitrogen and oxygen atoms in total. The highest BCUT2D eigenvalue weighted by Crippen LogP contribution is 2.21. The first-order valence-corrected chi connectivity index (χ1v) is 7.39. The Labute approximate surface area is 125 Å². The number of likely N-dealkylation sites (tertiary alicyclic amines) is 1. The van der Waals surface area contributed by atoms with Crippen molar-refractivity contribution in [3.63, 3.8) is 0 Å². The first-order valence-electron chi connectivity index (χ1n) is 7.39. The van der Waals surface area contributed by atoms with Crippen LogP contribution in [0.5, 0.6) is 0 Å². The maximum absolute atomic E-state index is 12.3. The average Bonchev–Trinajstić information content (AvgIpc) is 2.99. The molecular weight excluding hydrogens is 266 g/mol. The van der Waals surface area contributed by atoms with Crippen LogP contribution in [-0.2, 0) is 4.79 Å². The number of benzene rings is 1. The molecule has 1 aromatic carbocycles. The molecule has 0 bridgehead atoms. The largest absolute Gasteiger partial charge is 0.396 e. The number of nitrogens with one attached hydrogen (secondary N) is 1. The van der Waals surface area contributed by atoms with Crippen molar-refractivity contribution in [2.45, 2.75) is 31.7 Å². The van der Waals surface area contributed by atoms with E-state index in [1.165, 1.54) is 0 Å². The molecule has 1 aliphatic heterocycles. The van der Waals surface area contributed by atoms with Crippen LogP contribution in [0.3, 0.4) is 0 Å². The number of aliphatic hydroxyl groups is 1. The maximum atomic E-state index is 12.3. The number of anilines is 1. The van der Waals surface area contributed by atoms with E-state index in [1.54, 1.807) is 24.3 Å². The van der Waals surface area contributed by atoms with E-state index < -0.39 is 0 Å². The molecule has 5 heteroatoms. The van der Waals surface area contributed by atoms with Gasteiger partial charge in [0.15, 0.2) is 0 Å². The first kappa shape index (κ1) is 15.3. The number of rotatable bonds is 6. The molecular formula is C16H21N3O2. The number of carbonyl (C=O) groups excluding carboxylic acids is 1. The van der Waals surface area contributed by atoms with Crippen LogP contribution in [0.1, 0.15) is 31.2 Å². The molecule has 1 unspecified atom stereocenters. The number of nitriles is 1. The lowest BCUT2D eigenvalue weighted by Crippen LogP contribution is -2.39. The van der Waals surface area contributed by atoms with Crippen molar-refractivity contribution in [1.82, 2.24) is 4.90 Å². The summed E-state index contributed by atoms with van der Waals surface area (Å²) in [4.78, 5) is 14.2. The smallest absolute Gasteiger partial charge is 0.242 e. The Balaban J connectivity index is 1.84. The van der Waals surface area contributed by atoms with Gasteiger partial charge in [-0.05, 0) is 49.9 Å². The van der Waals surface area contributed by atoms with E-state index >= 15 is 0 Å². The highest BCUT2D eigenvalue weighted by atomic mass is 16.3. The summed E-state index contributed by atoms with van der Waals surface area (Å²) in [7, 11) is 0. The molecule has 1 atom stereocenters. The van der Waals surface area contributed by atoms with Gasteiger partial charge in [0.05, 0.1) is 18.2 Å². The summed E-state index contributed by atoms with van der Waals surface area (Å²) in [6.45, 7) is 1.26. The van der Waals surface area contributed by atoms with Gasteiger partial charge < -0.3 is 15.3 Å². The lowest BCUT2D eigenvalue weighted by molar-refractivity contribution is -0.130. The van der Waals surface area contributed by atoms with Crippen molar-refractivity contribution in [2.24, 2.45) is 0 Å². The highest BCUT2D eigenvalue weighted by Gasteiger charge is 2.27. The van der Waals surface area contributed by atoms with Gasteiger partial charge in [0.1, 0.15) is 0 Å². The van der Waals surface area contributed by atoms with Gasteiger partial charge in [-0.3, -0.25) is 4.79 Å². The maximum Gasteiger partial charge on any atom is 0.242 e. The predicted molar refractivity (Wildman–Crippen MR) is 80.7 cm³/mol. The van der Waals surface area contributed by atoms with Gasteiger partial charge in [0, 0.05) is 24.9 Å². The van der Waals surface area contributed by atoms with E-state index in [0.717, 1.165) is 37.9 Å². The second-order valence-electron chi connectivity index (χ2n) is 5.29. The SMILES string of the molecule is N#Cc1ccc(NCC(=O)N2CCCC2CCCO)cc1. The van der Waals surface area contributed by atoms with Crippen LogP contribution in [0.2, 0.25) is 0 Å². The molecule has 1 aromatic rings. The quantitative estimate of drug-likeness (QED) is 0.835. The molecule has 1 fully saturated rings. The zero-order valence-corrected chi connectivity index (χ0v) is 12.1. The van der Waals surface area contributed by atoms with Crippen LogP contribution in [-0.4, -0.2) is 41.7 Å². The summed E-state index contributed by atoms with van der Waals surface area (Å²) in [6.07, 6.45) is 3.69. The molecule has 1 aliphatic rings. The summed E-state index contributed by atoms with van der Waals surface area (Å²) < 4.78 is 0. The standard InChI is InChI=1S/C16H21N3O2/c17-11-13-5-7-14(8-6-13)18-12-16(21)19-9-1-3-15(19)4-2-10-20/h5-8,15,18,20H,1-4,9-10,12H2. The molecule has 1 amide bonds. The summed E-state index contributed by atoms with van der Waals surface area (Å²) in [5.74, 6) is 0.0970. The van der Waals surface area contributed by atoms with E-state index in [0.29, 0.717) is 5.56 Å². The van der Waals surface area contributed by atoms with Gasteiger partial charge in [-0.25, -0.2) is 0 Å². The molecule has 0 radical (unpaired) electrons. The van der Waals surface area contributed by atoms with Crippen LogP contribution in [0.15, 0.2) is 24.3 Å². The van der Waals surface area contributed by atoms with Crippen LogP contribution >= 0.6 is 0 Å². The third-order valence-electron chi connectivity index (χ3n) is 3.85. The fourth-order valence-electron chi connectivity index (χ4n) is 2.73. The number of hydrogen-bond donors (Lipinski definition) is 2. The number of amides is 1. The van der Waals surface area contributed by atoms with E-state index in [9.17, 15) is 4.79 Å². The van der Waals surface area contributed by atoms with Gasteiger partial charge in [0.25, 0.3) is 0 Å². The molecule has 2 rings (SSSR count). The third-order valence-corrected chi connectivity index (χ3v) is 3.85. The second kappa shape index (κ2) is 7.65. The molecule has 0 saturated carbocycles. The Hall–Kier alpha value is -2.06. The number of hydrogen-bond acceptors (Lipinski definition) is 4. The Kier molecular flexibility index (Phi) is 5.59. The summed E-state index contributed by atoms with van der Waals surface area (Å²) in [5, 5.41) is 20.7. The summed E-state index contributed by atoms with van der Waals surface area (Å²) in [5.41, 5.74) is 1.45. The van der Waals surface area contributed by atoms with E-state index in [2.05, 4.69) is 11.4 Å². The third kappa shape index (κ3) is 4.20. The van der Waals surface area contributed by atoms with E-state index in [-0.39, 0.29) is 25.1 Å². The summed E-state index contributed by atoms with van der Waals surface area (Å²) >= 11 is 0. The van der Waals surface area contributed by atoms with Gasteiger partial charge >= 0.3 is 0 Å². The second-order valence-corrected chi connectivity index (χ2v) is 5.29. The molecule has 0 spiro atoms. The van der Waals surface area contributed by atoms with Crippen molar-refractivity contribution >= 4 is 11.6 Å². The van der Waals surface area contributed by atoms with Crippen LogP contribution < -0.4 is 5.32 Å². The van der Waals surface area contributed by atoms with Crippen molar-refractivity contribution in [1.29, 1.82) is 5.26 Å². The Bertz CT molecular complexity index is 507. The van der Waals surface area contributed by atoms with Gasteiger partial charge in [0.2, 0.25) is 5.91 Å². The van der Waals surface area contributed by atoms with Crippen molar-refractivity contribution in [2.75, 3.05) is 25.0 Å². The van der Waals surface area contributed by atoms with Crippen LogP contribution in [0, 0.1) is 11.3 Å². The minimum Gasteiger partial charge on any atom is -0.396 e. The molecule has 1 heterocycles. The molecule has 0 aromatic heterocycles. The molecule has 1 saturated heterocycles. The number of carbonyl (C=O) groups is 1. The lowest BCUT2D eigenvalue weighted by atomic mass is 10.1. The number of nitrogens with zero attached hydrogens (tertiary/aromatic N) is 2. The van der Waals surface area contributed by atoms with E-state index in [1.807, 2.05) is 4.90 Å². The average molecular weight is 287 g/mol. The van der Waals surface area contributed by atoms with Crippen molar-refractivity contribution in [3.05, 3.63) is 29.8 Å². The van der Waals surface area contributed by atoms with Crippen LogP contribution in [0.25, 0.3) is 0 Å². The Morgan fingerprint density at radius 2 is 2.19 bits per heavy atom. The van der Waals surface area contributed by atoms with Gasteiger partial charge in [-0.2, -0.15) is 5.26 Å². The lowest BCUT2D eigenvalue weighted by Gasteiger charge is -2.25. The minimum atomic E-state index is 0.0970. The normalized spacial score (nSPS) is 17.5. The monoisotopic (exact) mass is 287 g/mol. The zero-order chi connectivity index (χ0) is 15.1. The zero-order valence-electron chi connectivity index (χ0n) is 12.1. The minimum absolute atomic E-state index is 0.0970. The molecule has 0 aliphatic carbocycles. The summed E-state index contributed by atoms with van der Waals surface area (Å²) in [6, 6.07) is 9.40. The van der Waals surface area contributed by atoms with Crippen molar-refractivity contribution in [3.8, 4) is 6.07 Å². The number of aliphatic hydroxyl groups excluding tert-OH is 1. The van der Waals surface area contributed by atoms with E-state index in [4.69, 9.17) is 10.4 Å². The Morgan fingerprint density at radius 1 is 1.43 bits per heavy atom.